The lowest BCUT2D eigenvalue weighted by atomic mass is 9.89. The number of ether oxygens (including phenoxy) is 1. The smallest absolute Gasteiger partial charge is 0.391 e. The van der Waals surface area contributed by atoms with Gasteiger partial charge in [-0.25, -0.2) is 14.2 Å². The predicted molar refractivity (Wildman–Crippen MR) is 112 cm³/mol. The highest BCUT2D eigenvalue weighted by molar-refractivity contribution is 6.39. The Hall–Kier alpha value is -3.20. The Kier molecular flexibility index (Phi) is 6.74. The lowest BCUT2D eigenvalue weighted by Gasteiger charge is -2.38. The van der Waals surface area contributed by atoms with Gasteiger partial charge in [-0.05, 0) is 55.5 Å². The van der Waals surface area contributed by atoms with E-state index >= 15 is 0 Å². The second-order valence-electron chi connectivity index (χ2n) is 7.58. The summed E-state index contributed by atoms with van der Waals surface area (Å²) in [6, 6.07) is 5.16. The summed E-state index contributed by atoms with van der Waals surface area (Å²) in [5.41, 5.74) is 6.22. The predicted octanol–water partition coefficient (Wildman–Crippen LogP) is 3.58. The number of pyridine rings is 1. The van der Waals surface area contributed by atoms with Crippen LogP contribution in [0.25, 0.3) is 0 Å². The standard InChI is InChI=1S/C21H22ClFN4O4/c1-11-3-4-17(13-6-14(22)8-15(23)7-13)27(10-11)20(29)18(28)26-16-5-12(2)19(25-9-16)31-21(24)30/h5-9,11,17H,3-4,10H2,1-2H3,(H2,24,30)(H,26,28). The van der Waals surface area contributed by atoms with E-state index in [1.54, 1.807) is 13.0 Å². The summed E-state index contributed by atoms with van der Waals surface area (Å²) < 4.78 is 18.6. The van der Waals surface area contributed by atoms with Crippen molar-refractivity contribution in [3.05, 3.63) is 52.4 Å². The van der Waals surface area contributed by atoms with Gasteiger partial charge in [-0.15, -0.1) is 0 Å². The minimum absolute atomic E-state index is 0.00438. The van der Waals surface area contributed by atoms with Crippen LogP contribution in [0.1, 0.15) is 36.9 Å². The Morgan fingerprint density at radius 1 is 1.26 bits per heavy atom. The molecule has 10 heteroatoms. The van der Waals surface area contributed by atoms with Gasteiger partial charge in [0.05, 0.1) is 17.9 Å². The minimum atomic E-state index is -1.01. The van der Waals surface area contributed by atoms with Gasteiger partial charge in [0.2, 0.25) is 5.88 Å². The summed E-state index contributed by atoms with van der Waals surface area (Å²) in [4.78, 5) is 41.9. The molecule has 1 aliphatic heterocycles. The number of benzene rings is 1. The van der Waals surface area contributed by atoms with Gasteiger partial charge in [-0.3, -0.25) is 9.59 Å². The van der Waals surface area contributed by atoms with Crippen molar-refractivity contribution < 1.29 is 23.5 Å². The third kappa shape index (κ3) is 5.49. The number of carbonyl (C=O) groups is 3. The Bertz CT molecular complexity index is 1010. The zero-order chi connectivity index (χ0) is 22.7. The van der Waals surface area contributed by atoms with Crippen molar-refractivity contribution in [3.8, 4) is 5.88 Å². The van der Waals surface area contributed by atoms with Crippen LogP contribution in [-0.4, -0.2) is 34.3 Å². The highest BCUT2D eigenvalue weighted by atomic mass is 35.5. The first-order valence-corrected chi connectivity index (χ1v) is 10.0. The Morgan fingerprint density at radius 3 is 2.65 bits per heavy atom. The van der Waals surface area contributed by atoms with Crippen LogP contribution in [0, 0.1) is 18.7 Å². The Balaban J connectivity index is 1.79. The van der Waals surface area contributed by atoms with Crippen molar-refractivity contribution in [2.24, 2.45) is 11.7 Å². The van der Waals surface area contributed by atoms with Gasteiger partial charge in [-0.1, -0.05) is 18.5 Å². The van der Waals surface area contributed by atoms with Gasteiger partial charge < -0.3 is 20.7 Å². The number of hydrogen-bond acceptors (Lipinski definition) is 5. The number of amides is 3. The van der Waals surface area contributed by atoms with E-state index in [-0.39, 0.29) is 22.5 Å². The molecule has 2 atom stereocenters. The largest absolute Gasteiger partial charge is 0.411 e. The number of nitrogens with two attached hydrogens (primary N) is 1. The molecule has 2 heterocycles. The summed E-state index contributed by atoms with van der Waals surface area (Å²) in [6.07, 6.45) is 1.65. The van der Waals surface area contributed by atoms with E-state index in [1.165, 1.54) is 29.3 Å². The average Bonchev–Trinajstić information content (AvgIpc) is 2.68. The number of rotatable bonds is 3. The van der Waals surface area contributed by atoms with E-state index < -0.39 is 29.8 Å². The number of hydrogen-bond donors (Lipinski definition) is 2. The van der Waals surface area contributed by atoms with Crippen LogP contribution >= 0.6 is 11.6 Å². The fourth-order valence-corrected chi connectivity index (χ4v) is 3.87. The van der Waals surface area contributed by atoms with Crippen LogP contribution in [0.15, 0.2) is 30.5 Å². The maximum atomic E-state index is 13.9. The number of nitrogens with zero attached hydrogens (tertiary/aromatic N) is 2. The molecule has 2 unspecified atom stereocenters. The van der Waals surface area contributed by atoms with E-state index in [4.69, 9.17) is 22.1 Å². The van der Waals surface area contributed by atoms with Crippen LogP contribution in [0.2, 0.25) is 5.02 Å². The zero-order valence-electron chi connectivity index (χ0n) is 17.0. The van der Waals surface area contributed by atoms with Crippen molar-refractivity contribution in [2.75, 3.05) is 11.9 Å². The molecule has 1 aromatic carbocycles. The van der Waals surface area contributed by atoms with Crippen molar-refractivity contribution in [1.29, 1.82) is 0 Å². The number of aromatic nitrogens is 1. The summed E-state index contributed by atoms with van der Waals surface area (Å²) >= 11 is 5.99. The fraction of sp³-hybridized carbons (Fsp3) is 0.333. The van der Waals surface area contributed by atoms with Crippen LogP contribution in [0.4, 0.5) is 14.9 Å². The van der Waals surface area contributed by atoms with Gasteiger partial charge in [0, 0.05) is 17.1 Å². The molecule has 3 rings (SSSR count). The number of nitrogens with one attached hydrogen (secondary N) is 1. The molecule has 0 bridgehead atoms. The highest BCUT2D eigenvalue weighted by Gasteiger charge is 2.34. The summed E-state index contributed by atoms with van der Waals surface area (Å²) in [6.45, 7) is 3.95. The van der Waals surface area contributed by atoms with Crippen molar-refractivity contribution in [1.82, 2.24) is 9.88 Å². The number of anilines is 1. The third-order valence-electron chi connectivity index (χ3n) is 5.03. The molecule has 3 amide bonds. The molecule has 1 fully saturated rings. The van der Waals surface area contributed by atoms with Crippen LogP contribution < -0.4 is 15.8 Å². The van der Waals surface area contributed by atoms with Gasteiger partial charge in [0.25, 0.3) is 0 Å². The SMILES string of the molecule is Cc1cc(NC(=O)C(=O)N2CC(C)CCC2c2cc(F)cc(Cl)c2)cnc1OC(N)=O. The quantitative estimate of drug-likeness (QED) is 0.696. The maximum Gasteiger partial charge on any atom is 0.411 e. The molecule has 0 radical (unpaired) electrons. The van der Waals surface area contributed by atoms with Gasteiger partial charge >= 0.3 is 17.9 Å². The first-order chi connectivity index (χ1) is 14.6. The maximum absolute atomic E-state index is 13.9. The topological polar surface area (TPSA) is 115 Å². The minimum Gasteiger partial charge on any atom is -0.391 e. The van der Waals surface area contributed by atoms with E-state index in [0.717, 1.165) is 6.42 Å². The first-order valence-electron chi connectivity index (χ1n) is 9.66. The molecule has 164 valence electrons. The number of halogens is 2. The summed E-state index contributed by atoms with van der Waals surface area (Å²) in [5.74, 6) is -1.91. The molecule has 0 saturated carbocycles. The van der Waals surface area contributed by atoms with E-state index in [2.05, 4.69) is 10.3 Å². The molecule has 8 nitrogen and oxygen atoms in total. The van der Waals surface area contributed by atoms with Gasteiger partial charge in [0.1, 0.15) is 5.82 Å². The van der Waals surface area contributed by atoms with Crippen molar-refractivity contribution in [3.63, 3.8) is 0 Å². The molecular weight excluding hydrogens is 427 g/mol. The molecule has 0 spiro atoms. The zero-order valence-corrected chi connectivity index (χ0v) is 17.8. The van der Waals surface area contributed by atoms with Crippen LogP contribution in [-0.2, 0) is 9.59 Å². The van der Waals surface area contributed by atoms with Gasteiger partial charge in [0.15, 0.2) is 0 Å². The monoisotopic (exact) mass is 448 g/mol. The molecule has 31 heavy (non-hydrogen) atoms. The number of piperidine rings is 1. The molecule has 2 aromatic rings. The van der Waals surface area contributed by atoms with E-state index in [9.17, 15) is 18.8 Å². The lowest BCUT2D eigenvalue weighted by molar-refractivity contribution is -0.146. The molecular formula is C21H22ClFN4O4. The van der Waals surface area contributed by atoms with E-state index in [0.29, 0.717) is 24.1 Å². The number of aryl methyl sites for hydroxylation is 1. The average molecular weight is 449 g/mol. The second-order valence-corrected chi connectivity index (χ2v) is 8.02. The van der Waals surface area contributed by atoms with Gasteiger partial charge in [-0.2, -0.15) is 0 Å². The number of primary amides is 1. The molecule has 3 N–H and O–H groups in total. The number of carbonyl (C=O) groups excluding carboxylic acids is 3. The van der Waals surface area contributed by atoms with Crippen LogP contribution in [0.3, 0.4) is 0 Å². The summed E-state index contributed by atoms with van der Waals surface area (Å²) in [5, 5.41) is 2.73. The van der Waals surface area contributed by atoms with E-state index in [1.807, 2.05) is 6.92 Å². The molecule has 1 aliphatic rings. The third-order valence-corrected chi connectivity index (χ3v) is 5.25. The molecule has 1 aromatic heterocycles. The Morgan fingerprint density at radius 2 is 2.00 bits per heavy atom. The number of likely N-dealkylation sites (tertiary alicyclic amines) is 1. The summed E-state index contributed by atoms with van der Waals surface area (Å²) in [7, 11) is 0. The molecule has 1 saturated heterocycles. The first kappa shape index (κ1) is 22.5. The lowest BCUT2D eigenvalue weighted by Crippen LogP contribution is -2.46. The fourth-order valence-electron chi connectivity index (χ4n) is 3.64. The normalized spacial score (nSPS) is 18.4. The highest BCUT2D eigenvalue weighted by Crippen LogP contribution is 2.35. The molecule has 0 aliphatic carbocycles. The van der Waals surface area contributed by atoms with Crippen molar-refractivity contribution in [2.45, 2.75) is 32.7 Å². The second kappa shape index (κ2) is 9.30. The van der Waals surface area contributed by atoms with Crippen LogP contribution in [0.5, 0.6) is 5.88 Å². The Labute approximate surface area is 183 Å². The van der Waals surface area contributed by atoms with Crippen molar-refractivity contribution >= 4 is 35.2 Å².